The molecule has 2 heterocycles. The van der Waals surface area contributed by atoms with Crippen LogP contribution in [0.3, 0.4) is 0 Å². The van der Waals surface area contributed by atoms with E-state index in [1.165, 1.54) is 19.3 Å². The molecular formula is C11H12N2O. The topological polar surface area (TPSA) is 31.0 Å². The molecule has 0 amide bonds. The number of rotatable bonds is 2. The van der Waals surface area contributed by atoms with Crippen molar-refractivity contribution < 1.29 is 4.42 Å². The van der Waals surface area contributed by atoms with Gasteiger partial charge in [-0.1, -0.05) is 0 Å². The molecule has 0 aliphatic heterocycles. The van der Waals surface area contributed by atoms with Crippen molar-refractivity contribution in [2.24, 2.45) is 0 Å². The number of hydrogen-bond donors (Lipinski definition) is 0. The predicted molar refractivity (Wildman–Crippen MR) is 52.8 cm³/mol. The van der Waals surface area contributed by atoms with Gasteiger partial charge in [-0.05, 0) is 31.4 Å². The summed E-state index contributed by atoms with van der Waals surface area (Å²) in [5.41, 5.74) is 0. The van der Waals surface area contributed by atoms with Crippen LogP contribution in [0.1, 0.15) is 25.3 Å². The maximum atomic E-state index is 5.35. The first kappa shape index (κ1) is 7.85. The highest BCUT2D eigenvalue weighted by Crippen LogP contribution is 2.34. The van der Waals surface area contributed by atoms with E-state index < -0.39 is 0 Å². The largest absolute Gasteiger partial charge is 0.461 e. The van der Waals surface area contributed by atoms with E-state index >= 15 is 0 Å². The normalized spacial score (nSPS) is 16.9. The number of hydrogen-bond acceptors (Lipinski definition) is 2. The van der Waals surface area contributed by atoms with Crippen LogP contribution in [0.2, 0.25) is 0 Å². The van der Waals surface area contributed by atoms with E-state index in [1.807, 2.05) is 24.5 Å². The summed E-state index contributed by atoms with van der Waals surface area (Å²) in [5.74, 6) is 1.82. The Kier molecular flexibility index (Phi) is 1.69. The molecule has 14 heavy (non-hydrogen) atoms. The first-order valence-corrected chi connectivity index (χ1v) is 5.02. The van der Waals surface area contributed by atoms with Crippen LogP contribution in [0, 0.1) is 0 Å². The smallest absolute Gasteiger partial charge is 0.176 e. The van der Waals surface area contributed by atoms with E-state index in [4.69, 9.17) is 4.42 Å². The average molecular weight is 188 g/mol. The van der Waals surface area contributed by atoms with Crippen LogP contribution in [0.15, 0.2) is 35.2 Å². The molecule has 0 bridgehead atoms. The zero-order chi connectivity index (χ0) is 9.38. The molecule has 3 nitrogen and oxygen atoms in total. The van der Waals surface area contributed by atoms with Crippen molar-refractivity contribution in [3.05, 3.63) is 30.8 Å². The van der Waals surface area contributed by atoms with Crippen molar-refractivity contribution in [3.63, 3.8) is 0 Å². The monoisotopic (exact) mass is 188 g/mol. The predicted octanol–water partition coefficient (Wildman–Crippen LogP) is 2.87. The van der Waals surface area contributed by atoms with Crippen molar-refractivity contribution in [2.75, 3.05) is 0 Å². The van der Waals surface area contributed by atoms with Gasteiger partial charge < -0.3 is 8.98 Å². The van der Waals surface area contributed by atoms with Gasteiger partial charge in [0.15, 0.2) is 11.6 Å². The van der Waals surface area contributed by atoms with Gasteiger partial charge in [0, 0.05) is 18.4 Å². The summed E-state index contributed by atoms with van der Waals surface area (Å²) in [6.45, 7) is 0. The number of imidazole rings is 1. The minimum Gasteiger partial charge on any atom is -0.461 e. The molecule has 3 heteroatoms. The lowest BCUT2D eigenvalue weighted by Crippen LogP contribution is -2.16. The van der Waals surface area contributed by atoms with E-state index in [2.05, 4.69) is 9.55 Å². The maximum Gasteiger partial charge on any atom is 0.176 e. The van der Waals surface area contributed by atoms with Gasteiger partial charge in [0.05, 0.1) is 6.26 Å². The lowest BCUT2D eigenvalue weighted by molar-refractivity contribution is 0.314. The quantitative estimate of drug-likeness (QED) is 0.725. The highest BCUT2D eigenvalue weighted by atomic mass is 16.3. The number of nitrogens with zero attached hydrogens (tertiary/aromatic N) is 2. The highest BCUT2D eigenvalue weighted by Gasteiger charge is 2.22. The van der Waals surface area contributed by atoms with E-state index in [9.17, 15) is 0 Å². The SMILES string of the molecule is c1coc(-c2nccn2C2CCC2)c1. The van der Waals surface area contributed by atoms with E-state index in [-0.39, 0.29) is 0 Å². The van der Waals surface area contributed by atoms with Gasteiger partial charge in [0.2, 0.25) is 0 Å². The van der Waals surface area contributed by atoms with Crippen molar-refractivity contribution >= 4 is 0 Å². The third-order valence-electron chi connectivity index (χ3n) is 2.88. The van der Waals surface area contributed by atoms with E-state index in [0.29, 0.717) is 6.04 Å². The van der Waals surface area contributed by atoms with Crippen LogP contribution >= 0.6 is 0 Å². The molecule has 72 valence electrons. The van der Waals surface area contributed by atoms with Gasteiger partial charge in [0.25, 0.3) is 0 Å². The second-order valence-corrected chi connectivity index (χ2v) is 3.72. The van der Waals surface area contributed by atoms with Crippen LogP contribution in [0.25, 0.3) is 11.6 Å². The average Bonchev–Trinajstić information content (AvgIpc) is 2.66. The third kappa shape index (κ3) is 1.09. The Morgan fingerprint density at radius 1 is 1.43 bits per heavy atom. The van der Waals surface area contributed by atoms with Crippen LogP contribution in [0.4, 0.5) is 0 Å². The fraction of sp³-hybridized carbons (Fsp3) is 0.364. The molecule has 0 saturated heterocycles. The molecule has 0 unspecified atom stereocenters. The maximum absolute atomic E-state index is 5.35. The Morgan fingerprint density at radius 3 is 3.00 bits per heavy atom. The van der Waals surface area contributed by atoms with Gasteiger partial charge >= 0.3 is 0 Å². The minimum atomic E-state index is 0.637. The Hall–Kier alpha value is -1.51. The summed E-state index contributed by atoms with van der Waals surface area (Å²) in [4.78, 5) is 4.33. The molecule has 0 N–H and O–H groups in total. The molecule has 0 radical (unpaired) electrons. The first-order chi connectivity index (χ1) is 6.95. The molecule has 1 aliphatic rings. The third-order valence-corrected chi connectivity index (χ3v) is 2.88. The zero-order valence-electron chi connectivity index (χ0n) is 7.89. The van der Waals surface area contributed by atoms with Crippen LogP contribution in [0.5, 0.6) is 0 Å². The lowest BCUT2D eigenvalue weighted by Gasteiger charge is -2.27. The summed E-state index contributed by atoms with van der Waals surface area (Å²) in [7, 11) is 0. The molecule has 0 aromatic carbocycles. The standard InChI is InChI=1S/C11H12N2O/c1-3-9(4-1)13-7-6-12-11(13)10-5-2-8-14-10/h2,5-9H,1,3-4H2. The van der Waals surface area contributed by atoms with Crippen molar-refractivity contribution in [3.8, 4) is 11.6 Å². The van der Waals surface area contributed by atoms with E-state index in [0.717, 1.165) is 11.6 Å². The Balaban J connectivity index is 2.01. The second-order valence-electron chi connectivity index (χ2n) is 3.72. The van der Waals surface area contributed by atoms with Gasteiger partial charge in [-0.25, -0.2) is 4.98 Å². The summed E-state index contributed by atoms with van der Waals surface area (Å²) >= 11 is 0. The van der Waals surface area contributed by atoms with Gasteiger partial charge in [-0.3, -0.25) is 0 Å². The number of furan rings is 1. The van der Waals surface area contributed by atoms with Gasteiger partial charge in [-0.15, -0.1) is 0 Å². The molecule has 0 spiro atoms. The molecule has 3 rings (SSSR count). The van der Waals surface area contributed by atoms with Crippen molar-refractivity contribution in [1.29, 1.82) is 0 Å². The minimum absolute atomic E-state index is 0.637. The van der Waals surface area contributed by atoms with E-state index in [1.54, 1.807) is 6.26 Å². The summed E-state index contributed by atoms with van der Waals surface area (Å²) < 4.78 is 7.58. The fourth-order valence-electron chi connectivity index (χ4n) is 1.87. The Morgan fingerprint density at radius 2 is 2.36 bits per heavy atom. The van der Waals surface area contributed by atoms with Crippen molar-refractivity contribution in [2.45, 2.75) is 25.3 Å². The van der Waals surface area contributed by atoms with Crippen LogP contribution in [-0.2, 0) is 0 Å². The molecular weight excluding hydrogens is 176 g/mol. The Bertz CT molecular complexity index is 412. The summed E-state index contributed by atoms with van der Waals surface area (Å²) in [6.07, 6.45) is 9.45. The van der Waals surface area contributed by atoms with Crippen LogP contribution < -0.4 is 0 Å². The number of aromatic nitrogens is 2. The molecule has 2 aromatic heterocycles. The van der Waals surface area contributed by atoms with Gasteiger partial charge in [0.1, 0.15) is 0 Å². The first-order valence-electron chi connectivity index (χ1n) is 5.02. The highest BCUT2D eigenvalue weighted by molar-refractivity contribution is 5.47. The van der Waals surface area contributed by atoms with Crippen molar-refractivity contribution in [1.82, 2.24) is 9.55 Å². The Labute approximate surface area is 82.4 Å². The van der Waals surface area contributed by atoms with Crippen LogP contribution in [-0.4, -0.2) is 9.55 Å². The summed E-state index contributed by atoms with van der Waals surface area (Å²) in [6, 6.07) is 4.49. The molecule has 1 aliphatic carbocycles. The molecule has 2 aromatic rings. The molecule has 1 saturated carbocycles. The summed E-state index contributed by atoms with van der Waals surface area (Å²) in [5, 5.41) is 0. The lowest BCUT2D eigenvalue weighted by atomic mass is 9.93. The fourth-order valence-corrected chi connectivity index (χ4v) is 1.87. The second kappa shape index (κ2) is 3.01. The molecule has 1 fully saturated rings. The zero-order valence-corrected chi connectivity index (χ0v) is 7.89. The molecule has 0 atom stereocenters. The van der Waals surface area contributed by atoms with Gasteiger partial charge in [-0.2, -0.15) is 0 Å².